The van der Waals surface area contributed by atoms with Crippen LogP contribution in [0.2, 0.25) is 0 Å². The number of esters is 1. The summed E-state index contributed by atoms with van der Waals surface area (Å²) < 4.78 is 32.6. The molecule has 7 atom stereocenters. The summed E-state index contributed by atoms with van der Waals surface area (Å²) in [5.41, 5.74) is -1.99. The normalized spacial score (nSPS) is 27.5. The zero-order valence-corrected chi connectivity index (χ0v) is 27.2. The summed E-state index contributed by atoms with van der Waals surface area (Å²) >= 11 is 0. The number of ketones is 1. The van der Waals surface area contributed by atoms with E-state index in [2.05, 4.69) is 24.8 Å². The van der Waals surface area contributed by atoms with E-state index < -0.39 is 67.9 Å². The summed E-state index contributed by atoms with van der Waals surface area (Å²) in [6.07, 6.45) is 5.69. The quantitative estimate of drug-likeness (QED) is 0.196. The SMILES string of the molecule is C=CC(C)CCC[C@@H](C)[C@H](CC(=O)OC(C)(C)C)C(=O)N1C[C@H](O)C[C@H]1C(=O)C[C@]1(C(=O)NS(=O)(=O)C2CC2)C[C@H]1C=C. The number of hydrogen-bond donors (Lipinski definition) is 2. The predicted octanol–water partition coefficient (Wildman–Crippen LogP) is 3.68. The van der Waals surface area contributed by atoms with Gasteiger partial charge in [-0.3, -0.25) is 23.9 Å². The van der Waals surface area contributed by atoms with Crippen molar-refractivity contribution in [3.63, 3.8) is 0 Å². The zero-order valence-electron chi connectivity index (χ0n) is 26.3. The fourth-order valence-corrected chi connectivity index (χ4v) is 7.44. The Morgan fingerprint density at radius 1 is 1.14 bits per heavy atom. The molecule has 242 valence electrons. The molecule has 0 bridgehead atoms. The molecule has 0 radical (unpaired) electrons. The van der Waals surface area contributed by atoms with Crippen molar-refractivity contribution in [3.8, 4) is 0 Å². The lowest BCUT2D eigenvalue weighted by molar-refractivity contribution is -0.159. The first-order chi connectivity index (χ1) is 19.9. The Morgan fingerprint density at radius 2 is 1.79 bits per heavy atom. The first-order valence-electron chi connectivity index (χ1n) is 15.5. The molecule has 3 rings (SSSR count). The minimum atomic E-state index is -3.81. The summed E-state index contributed by atoms with van der Waals surface area (Å²) in [5.74, 6) is -3.10. The van der Waals surface area contributed by atoms with Crippen LogP contribution < -0.4 is 4.72 Å². The van der Waals surface area contributed by atoms with Gasteiger partial charge in [-0.15, -0.1) is 13.2 Å². The van der Waals surface area contributed by atoms with E-state index in [-0.39, 0.29) is 44.1 Å². The maximum Gasteiger partial charge on any atom is 0.307 e. The van der Waals surface area contributed by atoms with E-state index in [0.29, 0.717) is 25.2 Å². The number of nitrogens with one attached hydrogen (secondary N) is 1. The second-order valence-corrected chi connectivity index (χ2v) is 15.9. The van der Waals surface area contributed by atoms with Crippen molar-refractivity contribution in [1.29, 1.82) is 0 Å². The minimum Gasteiger partial charge on any atom is -0.460 e. The minimum absolute atomic E-state index is 0.00574. The van der Waals surface area contributed by atoms with Crippen LogP contribution in [0, 0.1) is 29.1 Å². The lowest BCUT2D eigenvalue weighted by Gasteiger charge is -2.32. The molecule has 0 aromatic carbocycles. The zero-order chi connectivity index (χ0) is 32.3. The van der Waals surface area contributed by atoms with Crippen LogP contribution in [0.4, 0.5) is 0 Å². The van der Waals surface area contributed by atoms with Crippen molar-refractivity contribution in [2.45, 2.75) is 115 Å². The number of nitrogens with zero attached hydrogens (tertiary/aromatic N) is 1. The molecule has 2 N–H and O–H groups in total. The molecule has 11 heteroatoms. The summed E-state index contributed by atoms with van der Waals surface area (Å²) in [7, 11) is -3.81. The third kappa shape index (κ3) is 9.00. The Morgan fingerprint density at radius 3 is 2.33 bits per heavy atom. The van der Waals surface area contributed by atoms with Crippen LogP contribution in [0.1, 0.15) is 92.4 Å². The van der Waals surface area contributed by atoms with Gasteiger partial charge in [0, 0.05) is 19.4 Å². The van der Waals surface area contributed by atoms with E-state index in [4.69, 9.17) is 4.74 Å². The van der Waals surface area contributed by atoms with E-state index in [1.54, 1.807) is 26.8 Å². The molecule has 1 unspecified atom stereocenters. The molecule has 0 aromatic heterocycles. The van der Waals surface area contributed by atoms with Gasteiger partial charge in [0.1, 0.15) is 5.60 Å². The molecule has 2 aliphatic carbocycles. The fourth-order valence-electron chi connectivity index (χ4n) is 6.06. The van der Waals surface area contributed by atoms with Gasteiger partial charge in [0.25, 0.3) is 0 Å². The van der Waals surface area contributed by atoms with Gasteiger partial charge in [0.15, 0.2) is 5.78 Å². The first-order valence-corrected chi connectivity index (χ1v) is 17.0. The number of β-amino-alcohol motifs (C(OH)–C–C–N with tert-alkyl or cyclic N) is 1. The van der Waals surface area contributed by atoms with Crippen molar-refractivity contribution in [2.24, 2.45) is 29.1 Å². The molecule has 1 aliphatic heterocycles. The van der Waals surface area contributed by atoms with E-state index in [1.807, 2.05) is 13.0 Å². The van der Waals surface area contributed by atoms with Crippen molar-refractivity contribution in [2.75, 3.05) is 6.54 Å². The molecule has 10 nitrogen and oxygen atoms in total. The average Bonchev–Trinajstić information content (AvgIpc) is 3.82. The van der Waals surface area contributed by atoms with Gasteiger partial charge in [0.05, 0.1) is 35.1 Å². The molecular formula is C32H50N2O8S. The van der Waals surface area contributed by atoms with Crippen molar-refractivity contribution in [3.05, 3.63) is 25.3 Å². The number of ether oxygens (including phenoxy) is 1. The number of amides is 2. The number of aliphatic hydroxyl groups excluding tert-OH is 1. The third-order valence-corrected chi connectivity index (χ3v) is 10.8. The maximum atomic E-state index is 14.1. The number of carbonyl (C=O) groups excluding carboxylic acids is 4. The van der Waals surface area contributed by atoms with Crippen LogP contribution in [0.15, 0.2) is 25.3 Å². The smallest absolute Gasteiger partial charge is 0.307 e. The molecular weight excluding hydrogens is 572 g/mol. The maximum absolute atomic E-state index is 14.1. The van der Waals surface area contributed by atoms with Gasteiger partial charge in [-0.05, 0) is 70.6 Å². The number of likely N-dealkylation sites (tertiary alicyclic amines) is 1. The van der Waals surface area contributed by atoms with Gasteiger partial charge in [-0.1, -0.05) is 32.4 Å². The van der Waals surface area contributed by atoms with Gasteiger partial charge in [-0.2, -0.15) is 0 Å². The number of sulfonamides is 1. The Bertz CT molecular complexity index is 1200. The molecule has 1 saturated heterocycles. The highest BCUT2D eigenvalue weighted by atomic mass is 32.2. The Kier molecular flexibility index (Phi) is 11.1. The van der Waals surface area contributed by atoms with Gasteiger partial charge in [-0.25, -0.2) is 8.42 Å². The van der Waals surface area contributed by atoms with Crippen LogP contribution in [-0.4, -0.2) is 71.5 Å². The van der Waals surface area contributed by atoms with Crippen LogP contribution in [0.25, 0.3) is 0 Å². The van der Waals surface area contributed by atoms with Gasteiger partial charge >= 0.3 is 5.97 Å². The molecule has 2 amide bonds. The summed E-state index contributed by atoms with van der Waals surface area (Å²) in [6, 6.07) is -0.993. The van der Waals surface area contributed by atoms with Crippen LogP contribution in [-0.2, 0) is 33.9 Å². The largest absolute Gasteiger partial charge is 0.460 e. The van der Waals surface area contributed by atoms with Crippen LogP contribution in [0.3, 0.4) is 0 Å². The molecule has 3 fully saturated rings. The van der Waals surface area contributed by atoms with Crippen molar-refractivity contribution >= 4 is 33.6 Å². The molecule has 0 spiro atoms. The highest BCUT2D eigenvalue weighted by Gasteiger charge is 2.61. The molecule has 3 aliphatic rings. The number of aliphatic hydroxyl groups is 1. The summed E-state index contributed by atoms with van der Waals surface area (Å²) in [4.78, 5) is 55.3. The molecule has 43 heavy (non-hydrogen) atoms. The average molecular weight is 623 g/mol. The van der Waals surface area contributed by atoms with E-state index in [0.717, 1.165) is 12.8 Å². The highest BCUT2D eigenvalue weighted by Crippen LogP contribution is 2.57. The highest BCUT2D eigenvalue weighted by molar-refractivity contribution is 7.90. The first kappa shape index (κ1) is 35.0. The lowest BCUT2D eigenvalue weighted by atomic mass is 9.84. The Hall–Kier alpha value is -2.53. The topological polar surface area (TPSA) is 147 Å². The van der Waals surface area contributed by atoms with Crippen molar-refractivity contribution < 1.29 is 37.4 Å². The third-order valence-electron chi connectivity index (χ3n) is 9.02. The van der Waals surface area contributed by atoms with E-state index >= 15 is 0 Å². The summed E-state index contributed by atoms with van der Waals surface area (Å²) in [5, 5.41) is 9.98. The van der Waals surface area contributed by atoms with E-state index in [1.165, 1.54) is 4.90 Å². The monoisotopic (exact) mass is 622 g/mol. The van der Waals surface area contributed by atoms with Gasteiger partial charge in [0.2, 0.25) is 21.8 Å². The lowest BCUT2D eigenvalue weighted by Crippen LogP contribution is -2.47. The van der Waals surface area contributed by atoms with Crippen LogP contribution in [0.5, 0.6) is 0 Å². The van der Waals surface area contributed by atoms with Crippen molar-refractivity contribution in [1.82, 2.24) is 9.62 Å². The number of hydrogen-bond acceptors (Lipinski definition) is 8. The Balaban J connectivity index is 1.79. The number of carbonyl (C=O) groups is 4. The number of rotatable bonds is 16. The fraction of sp³-hybridized carbons (Fsp3) is 0.750. The van der Waals surface area contributed by atoms with Crippen LogP contribution >= 0.6 is 0 Å². The molecule has 0 aromatic rings. The summed E-state index contributed by atoms with van der Waals surface area (Å²) in [6.45, 7) is 16.7. The molecule has 1 heterocycles. The predicted molar refractivity (Wildman–Crippen MR) is 163 cm³/mol. The standard InChI is InChI=1S/C32H50N2O8S/c1-8-20(3)11-10-12-21(4)25(16-28(37)42-31(5,6)7)29(38)34-19-23(35)15-26(34)27(36)18-32(17-22(32)9-2)30(39)33-43(40,41)24-13-14-24/h8-9,20-26,35H,1-2,10-19H2,3-7H3,(H,33,39)/t20?,21-,22-,23-,25+,26+,32-/m1/s1. The Labute approximate surface area is 256 Å². The van der Waals surface area contributed by atoms with E-state index in [9.17, 15) is 32.7 Å². The number of Topliss-reactive ketones (excluding diaryl/α,β-unsaturated/α-hetero) is 1. The van der Waals surface area contributed by atoms with Gasteiger partial charge < -0.3 is 14.7 Å². The number of allylic oxidation sites excluding steroid dienone is 2. The second kappa shape index (κ2) is 13.6. The molecule has 2 saturated carbocycles. The second-order valence-electron chi connectivity index (χ2n) is 13.9.